The van der Waals surface area contributed by atoms with Gasteiger partial charge in [0.1, 0.15) is 5.75 Å². The number of carbonyl (C=O) groups is 1. The standard InChI is InChI=1S/C14H20N2O2/c1-9-4-3-5-12(10(9)2)16-14(18)11-6-7-15-8-13(11)17/h6-10,12,17H,3-5H2,1-2H3,(H,16,18). The van der Waals surface area contributed by atoms with Crippen LogP contribution in [0.15, 0.2) is 18.5 Å². The Bertz CT molecular complexity index is 434. The van der Waals surface area contributed by atoms with Crippen LogP contribution < -0.4 is 5.32 Å². The van der Waals surface area contributed by atoms with Crippen molar-refractivity contribution in [2.45, 2.75) is 39.2 Å². The molecule has 0 radical (unpaired) electrons. The molecule has 1 saturated carbocycles. The van der Waals surface area contributed by atoms with E-state index >= 15 is 0 Å². The first-order chi connectivity index (χ1) is 8.59. The molecule has 18 heavy (non-hydrogen) atoms. The summed E-state index contributed by atoms with van der Waals surface area (Å²) in [6, 6.07) is 1.75. The normalized spacial score (nSPS) is 27.8. The van der Waals surface area contributed by atoms with E-state index in [4.69, 9.17) is 0 Å². The Kier molecular flexibility index (Phi) is 3.84. The van der Waals surface area contributed by atoms with Crippen LogP contribution in [0.5, 0.6) is 5.75 Å². The quantitative estimate of drug-likeness (QED) is 0.844. The van der Waals surface area contributed by atoms with Gasteiger partial charge in [-0.25, -0.2) is 0 Å². The molecule has 1 aromatic heterocycles. The number of nitrogens with one attached hydrogen (secondary N) is 1. The van der Waals surface area contributed by atoms with Crippen LogP contribution in [0.3, 0.4) is 0 Å². The number of pyridine rings is 1. The number of hydrogen-bond acceptors (Lipinski definition) is 3. The zero-order valence-corrected chi connectivity index (χ0v) is 10.9. The van der Waals surface area contributed by atoms with Crippen LogP contribution in [0.4, 0.5) is 0 Å². The molecule has 0 spiro atoms. The van der Waals surface area contributed by atoms with Crippen molar-refractivity contribution in [3.05, 3.63) is 24.0 Å². The molecule has 1 amide bonds. The van der Waals surface area contributed by atoms with E-state index in [-0.39, 0.29) is 17.7 Å². The van der Waals surface area contributed by atoms with Crippen LogP contribution >= 0.6 is 0 Å². The summed E-state index contributed by atoms with van der Waals surface area (Å²) < 4.78 is 0. The average molecular weight is 248 g/mol. The van der Waals surface area contributed by atoms with Crippen molar-refractivity contribution in [3.63, 3.8) is 0 Å². The molecule has 1 aliphatic carbocycles. The minimum atomic E-state index is -0.208. The molecule has 2 N–H and O–H groups in total. The van der Waals surface area contributed by atoms with Crippen molar-refractivity contribution in [1.82, 2.24) is 10.3 Å². The Labute approximate surface area is 107 Å². The molecular weight excluding hydrogens is 228 g/mol. The molecule has 3 atom stereocenters. The predicted molar refractivity (Wildman–Crippen MR) is 69.3 cm³/mol. The molecule has 0 bridgehead atoms. The van der Waals surface area contributed by atoms with E-state index in [0.717, 1.165) is 12.8 Å². The summed E-state index contributed by atoms with van der Waals surface area (Å²) in [5.74, 6) is 0.842. The first-order valence-corrected chi connectivity index (χ1v) is 6.53. The molecule has 98 valence electrons. The fourth-order valence-corrected chi connectivity index (χ4v) is 2.61. The highest BCUT2D eigenvalue weighted by Crippen LogP contribution is 2.29. The molecule has 1 aliphatic rings. The van der Waals surface area contributed by atoms with Gasteiger partial charge in [0.2, 0.25) is 0 Å². The highest BCUT2D eigenvalue weighted by atomic mass is 16.3. The number of nitrogens with zero attached hydrogens (tertiary/aromatic N) is 1. The van der Waals surface area contributed by atoms with E-state index in [1.165, 1.54) is 18.8 Å². The lowest BCUT2D eigenvalue weighted by Crippen LogP contribution is -2.43. The van der Waals surface area contributed by atoms with E-state index in [1.807, 2.05) is 0 Å². The summed E-state index contributed by atoms with van der Waals surface area (Å²) in [5, 5.41) is 12.6. The van der Waals surface area contributed by atoms with Gasteiger partial charge in [0.05, 0.1) is 11.8 Å². The zero-order chi connectivity index (χ0) is 13.1. The maximum Gasteiger partial charge on any atom is 0.255 e. The van der Waals surface area contributed by atoms with E-state index in [1.54, 1.807) is 6.07 Å². The second-order valence-corrected chi connectivity index (χ2v) is 5.24. The number of carbonyl (C=O) groups excluding carboxylic acids is 1. The number of aromatic hydroxyl groups is 1. The van der Waals surface area contributed by atoms with Crippen LogP contribution in [-0.2, 0) is 0 Å². The first-order valence-electron chi connectivity index (χ1n) is 6.53. The monoisotopic (exact) mass is 248 g/mol. The SMILES string of the molecule is CC1CCCC(NC(=O)c2ccncc2O)C1C. The van der Waals surface area contributed by atoms with Crippen molar-refractivity contribution in [3.8, 4) is 5.75 Å². The minimum absolute atomic E-state index is 0.0634. The van der Waals surface area contributed by atoms with Crippen molar-refractivity contribution >= 4 is 5.91 Å². The van der Waals surface area contributed by atoms with E-state index in [2.05, 4.69) is 24.1 Å². The summed E-state index contributed by atoms with van der Waals surface area (Å²) in [6.07, 6.45) is 6.21. The second-order valence-electron chi connectivity index (χ2n) is 5.24. The van der Waals surface area contributed by atoms with Crippen LogP contribution in [0.1, 0.15) is 43.5 Å². The smallest absolute Gasteiger partial charge is 0.255 e. The molecular formula is C14H20N2O2. The summed E-state index contributed by atoms with van der Waals surface area (Å²) in [7, 11) is 0. The lowest BCUT2D eigenvalue weighted by Gasteiger charge is -2.34. The van der Waals surface area contributed by atoms with Gasteiger partial charge in [0, 0.05) is 12.2 Å². The minimum Gasteiger partial charge on any atom is -0.505 e. The molecule has 0 saturated heterocycles. The van der Waals surface area contributed by atoms with E-state index < -0.39 is 0 Å². The third kappa shape index (κ3) is 2.63. The van der Waals surface area contributed by atoms with Gasteiger partial charge in [-0.05, 0) is 24.3 Å². The lowest BCUT2D eigenvalue weighted by molar-refractivity contribution is 0.0888. The summed E-state index contributed by atoms with van der Waals surface area (Å²) >= 11 is 0. The van der Waals surface area contributed by atoms with Gasteiger partial charge in [0.15, 0.2) is 0 Å². The Morgan fingerprint density at radius 1 is 1.44 bits per heavy atom. The zero-order valence-electron chi connectivity index (χ0n) is 10.9. The van der Waals surface area contributed by atoms with Crippen molar-refractivity contribution in [1.29, 1.82) is 0 Å². The lowest BCUT2D eigenvalue weighted by atomic mass is 9.78. The molecule has 3 unspecified atom stereocenters. The van der Waals surface area contributed by atoms with Crippen LogP contribution in [0.25, 0.3) is 0 Å². The fraction of sp³-hybridized carbons (Fsp3) is 0.571. The molecule has 1 fully saturated rings. The second kappa shape index (κ2) is 5.38. The highest BCUT2D eigenvalue weighted by molar-refractivity contribution is 5.96. The molecule has 4 nitrogen and oxygen atoms in total. The molecule has 0 aromatic carbocycles. The van der Waals surface area contributed by atoms with Crippen LogP contribution in [0.2, 0.25) is 0 Å². The number of aromatic nitrogens is 1. The van der Waals surface area contributed by atoms with Gasteiger partial charge < -0.3 is 10.4 Å². The Balaban J connectivity index is 2.05. The Morgan fingerprint density at radius 3 is 2.94 bits per heavy atom. The summed E-state index contributed by atoms with van der Waals surface area (Å²) in [6.45, 7) is 4.41. The predicted octanol–water partition coefficient (Wildman–Crippen LogP) is 2.34. The van der Waals surface area contributed by atoms with Crippen molar-refractivity contribution < 1.29 is 9.90 Å². The van der Waals surface area contributed by atoms with Gasteiger partial charge in [-0.15, -0.1) is 0 Å². The van der Waals surface area contributed by atoms with Gasteiger partial charge >= 0.3 is 0 Å². The third-order valence-corrected chi connectivity index (χ3v) is 4.07. The van der Waals surface area contributed by atoms with Gasteiger partial charge in [-0.2, -0.15) is 0 Å². The maximum absolute atomic E-state index is 12.1. The summed E-state index contributed by atoms with van der Waals surface area (Å²) in [4.78, 5) is 15.9. The molecule has 4 heteroatoms. The summed E-state index contributed by atoms with van der Waals surface area (Å²) in [5.41, 5.74) is 0.301. The maximum atomic E-state index is 12.1. The van der Waals surface area contributed by atoms with Gasteiger partial charge in [-0.3, -0.25) is 9.78 Å². The molecule has 2 rings (SSSR count). The number of hydrogen-bond donors (Lipinski definition) is 2. The van der Waals surface area contributed by atoms with Crippen molar-refractivity contribution in [2.75, 3.05) is 0 Å². The van der Waals surface area contributed by atoms with Gasteiger partial charge in [0.25, 0.3) is 5.91 Å². The topological polar surface area (TPSA) is 62.2 Å². The third-order valence-electron chi connectivity index (χ3n) is 4.07. The number of rotatable bonds is 2. The highest BCUT2D eigenvalue weighted by Gasteiger charge is 2.28. The number of amides is 1. The van der Waals surface area contributed by atoms with Crippen LogP contribution in [0, 0.1) is 11.8 Å². The Hall–Kier alpha value is -1.58. The molecule has 1 aromatic rings. The first kappa shape index (κ1) is 12.9. The fourth-order valence-electron chi connectivity index (χ4n) is 2.61. The van der Waals surface area contributed by atoms with E-state index in [0.29, 0.717) is 17.4 Å². The van der Waals surface area contributed by atoms with Crippen molar-refractivity contribution in [2.24, 2.45) is 11.8 Å². The van der Waals surface area contributed by atoms with Crippen LogP contribution in [-0.4, -0.2) is 22.0 Å². The molecule has 1 heterocycles. The van der Waals surface area contributed by atoms with Gasteiger partial charge in [-0.1, -0.05) is 26.7 Å². The average Bonchev–Trinajstić information content (AvgIpc) is 2.35. The molecule has 0 aliphatic heterocycles. The largest absolute Gasteiger partial charge is 0.505 e. The van der Waals surface area contributed by atoms with E-state index in [9.17, 15) is 9.90 Å². The Morgan fingerprint density at radius 2 is 2.22 bits per heavy atom.